The molecule has 4 heterocycles. The SMILES string of the molecule is C[C@H]1[C@@H](c2ccccc2)O[C@]23O[C@@H](c4ccccc4)[C@H](C(=O)N12)[C@H](c1ccccc1)S3. The molecule has 0 unspecified atom stereocenters. The first-order valence-corrected chi connectivity index (χ1v) is 11.6. The summed E-state index contributed by atoms with van der Waals surface area (Å²) in [4.78, 5) is 15.8. The number of carbonyl (C=O) groups is 1. The molecule has 1 spiro atoms. The maximum absolute atomic E-state index is 14.0. The number of benzene rings is 3. The lowest BCUT2D eigenvalue weighted by Gasteiger charge is -2.55. The number of ether oxygens (including phenoxy) is 2. The second-order valence-electron chi connectivity index (χ2n) is 8.35. The van der Waals surface area contributed by atoms with Crippen molar-refractivity contribution in [2.75, 3.05) is 0 Å². The van der Waals surface area contributed by atoms with Crippen LogP contribution in [0.4, 0.5) is 0 Å². The number of rotatable bonds is 3. The quantitative estimate of drug-likeness (QED) is 0.554. The largest absolute Gasteiger partial charge is 0.315 e. The molecule has 3 aromatic rings. The van der Waals surface area contributed by atoms with Crippen LogP contribution in [0.3, 0.4) is 0 Å². The van der Waals surface area contributed by atoms with Gasteiger partial charge in [0, 0.05) is 0 Å². The first kappa shape index (κ1) is 19.1. The zero-order valence-corrected chi connectivity index (χ0v) is 17.9. The molecule has 0 radical (unpaired) electrons. The molecule has 156 valence electrons. The van der Waals surface area contributed by atoms with Crippen molar-refractivity contribution in [1.29, 1.82) is 0 Å². The molecule has 4 fully saturated rings. The third-order valence-electron chi connectivity index (χ3n) is 6.53. The second-order valence-corrected chi connectivity index (χ2v) is 9.61. The highest BCUT2D eigenvalue weighted by atomic mass is 32.2. The lowest BCUT2D eigenvalue weighted by atomic mass is 9.86. The van der Waals surface area contributed by atoms with Crippen molar-refractivity contribution in [2.45, 2.75) is 35.7 Å². The number of fused-ring (bicyclic) bond motifs is 2. The molecule has 5 heteroatoms. The van der Waals surface area contributed by atoms with E-state index in [0.717, 1.165) is 16.7 Å². The molecule has 2 bridgehead atoms. The fourth-order valence-corrected chi connectivity index (χ4v) is 6.81. The summed E-state index contributed by atoms with van der Waals surface area (Å²) in [6.07, 6.45) is -0.583. The molecule has 4 aliphatic rings. The van der Waals surface area contributed by atoms with Gasteiger partial charge in [0.2, 0.25) is 5.91 Å². The van der Waals surface area contributed by atoms with Crippen molar-refractivity contribution >= 4 is 17.7 Å². The van der Waals surface area contributed by atoms with Crippen molar-refractivity contribution in [3.05, 3.63) is 108 Å². The van der Waals surface area contributed by atoms with Crippen molar-refractivity contribution in [3.63, 3.8) is 0 Å². The Kier molecular flexibility index (Phi) is 4.46. The van der Waals surface area contributed by atoms with Crippen molar-refractivity contribution in [3.8, 4) is 0 Å². The van der Waals surface area contributed by atoms with E-state index < -0.39 is 5.24 Å². The molecule has 0 aromatic heterocycles. The van der Waals surface area contributed by atoms with E-state index in [1.807, 2.05) is 71.6 Å². The van der Waals surface area contributed by atoms with Crippen molar-refractivity contribution < 1.29 is 14.3 Å². The van der Waals surface area contributed by atoms with Crippen LogP contribution < -0.4 is 0 Å². The molecule has 0 aliphatic carbocycles. The first-order chi connectivity index (χ1) is 15.2. The standard InChI is InChI=1S/C26H23NO3S/c1-17-22(18-11-5-2-6-12-18)29-26-27(17)25(28)21(23(30-26)19-13-7-3-8-14-19)24(31-26)20-15-9-4-10-16-20/h2-17,21-24H,1H3/t17-,21-,22-,23-,24-,26-/m0/s1. The van der Waals surface area contributed by atoms with E-state index in [1.165, 1.54) is 0 Å². The molecule has 1 amide bonds. The van der Waals surface area contributed by atoms with Crippen LogP contribution in [0.25, 0.3) is 0 Å². The van der Waals surface area contributed by atoms with Crippen LogP contribution in [0, 0.1) is 5.92 Å². The molecule has 6 atom stereocenters. The zero-order valence-electron chi connectivity index (χ0n) is 17.1. The van der Waals surface area contributed by atoms with Crippen LogP contribution in [-0.4, -0.2) is 22.1 Å². The highest BCUT2D eigenvalue weighted by Gasteiger charge is 2.69. The molecule has 4 nitrogen and oxygen atoms in total. The fourth-order valence-electron chi connectivity index (χ4n) is 5.10. The Morgan fingerprint density at radius 2 is 1.23 bits per heavy atom. The van der Waals surface area contributed by atoms with Gasteiger partial charge in [0.25, 0.3) is 0 Å². The summed E-state index contributed by atoms with van der Waals surface area (Å²) in [5, 5.41) is -1.17. The monoisotopic (exact) mass is 429 g/mol. The average Bonchev–Trinajstić information content (AvgIpc) is 3.13. The van der Waals surface area contributed by atoms with Gasteiger partial charge < -0.3 is 9.47 Å². The van der Waals surface area contributed by atoms with Crippen LogP contribution in [-0.2, 0) is 14.3 Å². The van der Waals surface area contributed by atoms with Gasteiger partial charge in [0.05, 0.1) is 17.2 Å². The van der Waals surface area contributed by atoms with E-state index in [0.29, 0.717) is 0 Å². The van der Waals surface area contributed by atoms with Gasteiger partial charge in [-0.1, -0.05) is 103 Å². The molecule has 31 heavy (non-hydrogen) atoms. The summed E-state index contributed by atoms with van der Waals surface area (Å²) < 4.78 is 13.3. The van der Waals surface area contributed by atoms with Crippen molar-refractivity contribution in [1.82, 2.24) is 4.90 Å². The molecule has 0 saturated carbocycles. The van der Waals surface area contributed by atoms with Crippen LogP contribution in [0.2, 0.25) is 0 Å². The van der Waals surface area contributed by atoms with Crippen LogP contribution in [0.1, 0.15) is 41.1 Å². The van der Waals surface area contributed by atoms with Gasteiger partial charge in [0.15, 0.2) is 0 Å². The average molecular weight is 430 g/mol. The Bertz CT molecular complexity index is 1040. The maximum atomic E-state index is 14.0. The molecule has 4 saturated heterocycles. The predicted octanol–water partition coefficient (Wildman–Crippen LogP) is 5.46. The minimum absolute atomic E-state index is 0.0365. The smallest absolute Gasteiger partial charge is 0.309 e. The summed E-state index contributed by atoms with van der Waals surface area (Å²) in [7, 11) is 0. The van der Waals surface area contributed by atoms with Gasteiger partial charge in [-0.2, -0.15) is 0 Å². The van der Waals surface area contributed by atoms with Crippen LogP contribution in [0.5, 0.6) is 0 Å². The van der Waals surface area contributed by atoms with E-state index in [-0.39, 0.29) is 35.3 Å². The van der Waals surface area contributed by atoms with Gasteiger partial charge >= 0.3 is 5.24 Å². The lowest BCUT2D eigenvalue weighted by Crippen LogP contribution is -2.63. The topological polar surface area (TPSA) is 38.8 Å². The van der Waals surface area contributed by atoms with Gasteiger partial charge in [-0.05, 0) is 23.6 Å². The van der Waals surface area contributed by atoms with E-state index >= 15 is 0 Å². The highest BCUT2D eigenvalue weighted by molar-refractivity contribution is 8.00. The summed E-state index contributed by atoms with van der Waals surface area (Å²) >= 11 is 1.62. The Morgan fingerprint density at radius 3 is 1.81 bits per heavy atom. The van der Waals surface area contributed by atoms with Gasteiger partial charge in [0.1, 0.15) is 12.2 Å². The Morgan fingerprint density at radius 1 is 0.742 bits per heavy atom. The normalized spacial score (nSPS) is 34.0. The van der Waals surface area contributed by atoms with E-state index in [4.69, 9.17) is 9.47 Å². The van der Waals surface area contributed by atoms with Crippen LogP contribution >= 0.6 is 11.8 Å². The molecular weight excluding hydrogens is 406 g/mol. The molecule has 3 aromatic carbocycles. The maximum Gasteiger partial charge on any atom is 0.309 e. The number of hydrogen-bond acceptors (Lipinski definition) is 4. The zero-order chi connectivity index (χ0) is 21.0. The van der Waals surface area contributed by atoms with Crippen LogP contribution in [0.15, 0.2) is 91.0 Å². The summed E-state index contributed by atoms with van der Waals surface area (Å²) in [5.74, 6) is -0.198. The predicted molar refractivity (Wildman–Crippen MR) is 120 cm³/mol. The lowest BCUT2D eigenvalue weighted by molar-refractivity contribution is -0.279. The fraction of sp³-hybridized carbons (Fsp3) is 0.269. The third kappa shape index (κ3) is 2.88. The second kappa shape index (κ2) is 7.23. The number of carbonyl (C=O) groups excluding carboxylic acids is 1. The Balaban J connectivity index is 1.47. The number of amides is 1. The van der Waals surface area contributed by atoms with Gasteiger partial charge in [-0.25, -0.2) is 0 Å². The number of thioether (sulfide) groups is 1. The first-order valence-electron chi connectivity index (χ1n) is 10.7. The number of hydrogen-bond donors (Lipinski definition) is 0. The Labute approximate surface area is 186 Å². The van der Waals surface area contributed by atoms with Gasteiger partial charge in [-0.15, -0.1) is 0 Å². The molecule has 0 N–H and O–H groups in total. The summed E-state index contributed by atoms with van der Waals surface area (Å²) in [5.41, 5.74) is 3.21. The molecule has 4 aliphatic heterocycles. The Hall–Kier alpha value is -2.60. The van der Waals surface area contributed by atoms with E-state index in [2.05, 4.69) is 31.2 Å². The molecule has 7 rings (SSSR count). The van der Waals surface area contributed by atoms with Gasteiger partial charge in [-0.3, -0.25) is 9.69 Å². The number of nitrogens with zero attached hydrogens (tertiary/aromatic N) is 1. The van der Waals surface area contributed by atoms with E-state index in [9.17, 15) is 4.79 Å². The summed E-state index contributed by atoms with van der Waals surface area (Å²) in [6, 6.07) is 30.3. The minimum atomic E-state index is -1.13. The summed E-state index contributed by atoms with van der Waals surface area (Å²) in [6.45, 7) is 2.06. The molecular formula is C26H23NO3S. The van der Waals surface area contributed by atoms with E-state index in [1.54, 1.807) is 11.8 Å². The third-order valence-corrected chi connectivity index (χ3v) is 8.03. The van der Waals surface area contributed by atoms with Crippen molar-refractivity contribution in [2.24, 2.45) is 5.92 Å². The minimum Gasteiger partial charge on any atom is -0.315 e. The highest BCUT2D eigenvalue weighted by Crippen LogP contribution is 2.66.